The summed E-state index contributed by atoms with van der Waals surface area (Å²) >= 11 is 0. The predicted octanol–water partition coefficient (Wildman–Crippen LogP) is 2.66. The first-order valence-corrected chi connectivity index (χ1v) is 7.07. The van der Waals surface area contributed by atoms with Crippen molar-refractivity contribution in [1.82, 2.24) is 0 Å². The first-order chi connectivity index (χ1) is 8.16. The number of nitrogens with two attached hydrogens (primary N) is 1. The normalized spacial score (nSPS) is 21.2. The summed E-state index contributed by atoms with van der Waals surface area (Å²) in [6.45, 7) is 8.03. The van der Waals surface area contributed by atoms with E-state index in [1.54, 1.807) is 5.56 Å². The number of quaternary nitrogens is 1. The molecule has 2 rings (SSSR count). The van der Waals surface area contributed by atoms with Crippen LogP contribution < -0.4 is 5.32 Å². The van der Waals surface area contributed by atoms with Crippen molar-refractivity contribution in [3.63, 3.8) is 0 Å². The van der Waals surface area contributed by atoms with Gasteiger partial charge in [0, 0.05) is 6.42 Å². The quantitative estimate of drug-likeness (QED) is 0.807. The molecule has 17 heavy (non-hydrogen) atoms. The second kappa shape index (κ2) is 5.68. The Morgan fingerprint density at radius 3 is 2.59 bits per heavy atom. The molecule has 2 N–H and O–H groups in total. The van der Waals surface area contributed by atoms with Crippen LogP contribution in [0.2, 0.25) is 0 Å². The third kappa shape index (κ3) is 3.32. The number of rotatable bonds is 2. The number of hydrogen-bond acceptors (Lipinski definition) is 0. The zero-order valence-corrected chi connectivity index (χ0v) is 11.6. The minimum Gasteiger partial charge on any atom is -0.344 e. The van der Waals surface area contributed by atoms with E-state index in [1.807, 2.05) is 0 Å². The van der Waals surface area contributed by atoms with E-state index in [2.05, 4.69) is 38.2 Å². The van der Waals surface area contributed by atoms with E-state index in [4.69, 9.17) is 0 Å². The number of aryl methyl sites for hydroxylation is 3. The van der Waals surface area contributed by atoms with E-state index < -0.39 is 0 Å². The van der Waals surface area contributed by atoms with Crippen LogP contribution in [0.5, 0.6) is 0 Å². The summed E-state index contributed by atoms with van der Waals surface area (Å²) in [4.78, 5) is 0. The Morgan fingerprint density at radius 2 is 1.76 bits per heavy atom. The van der Waals surface area contributed by atoms with Gasteiger partial charge in [-0.2, -0.15) is 0 Å². The zero-order chi connectivity index (χ0) is 12.3. The lowest BCUT2D eigenvalue weighted by atomic mass is 9.94. The molecule has 0 aromatic heterocycles. The maximum absolute atomic E-state index is 2.57. The molecule has 1 aromatic rings. The molecule has 0 spiro atoms. The van der Waals surface area contributed by atoms with Gasteiger partial charge in [-0.25, -0.2) is 0 Å². The third-order valence-corrected chi connectivity index (χ3v) is 4.21. The van der Waals surface area contributed by atoms with Gasteiger partial charge in [0.05, 0.1) is 12.6 Å². The molecule has 1 aliphatic heterocycles. The van der Waals surface area contributed by atoms with Gasteiger partial charge in [-0.3, -0.25) is 0 Å². The molecule has 0 unspecified atom stereocenters. The van der Waals surface area contributed by atoms with Gasteiger partial charge in [-0.1, -0.05) is 12.1 Å². The molecule has 0 amide bonds. The Morgan fingerprint density at radius 1 is 1.00 bits per heavy atom. The van der Waals surface area contributed by atoms with Crippen LogP contribution in [0.1, 0.15) is 47.9 Å². The fraction of sp³-hybridized carbons (Fsp3) is 0.625. The average molecular weight is 232 g/mol. The van der Waals surface area contributed by atoms with E-state index in [0.717, 1.165) is 6.04 Å². The van der Waals surface area contributed by atoms with Crippen LogP contribution in [0.4, 0.5) is 0 Å². The van der Waals surface area contributed by atoms with Crippen LogP contribution in [0.15, 0.2) is 12.1 Å². The van der Waals surface area contributed by atoms with E-state index in [9.17, 15) is 0 Å². The Bertz CT molecular complexity index is 373. The van der Waals surface area contributed by atoms with Crippen LogP contribution >= 0.6 is 0 Å². The molecule has 0 bridgehead atoms. The van der Waals surface area contributed by atoms with Crippen molar-refractivity contribution in [2.45, 2.75) is 58.9 Å². The van der Waals surface area contributed by atoms with Crippen LogP contribution in [-0.4, -0.2) is 12.6 Å². The van der Waals surface area contributed by atoms with Gasteiger partial charge in [-0.15, -0.1) is 0 Å². The molecule has 0 radical (unpaired) electrons. The van der Waals surface area contributed by atoms with Gasteiger partial charge in [0.2, 0.25) is 0 Å². The van der Waals surface area contributed by atoms with Gasteiger partial charge >= 0.3 is 0 Å². The molecule has 1 heterocycles. The van der Waals surface area contributed by atoms with Crippen molar-refractivity contribution in [1.29, 1.82) is 0 Å². The second-order valence-corrected chi connectivity index (χ2v) is 5.70. The molecular weight excluding hydrogens is 206 g/mol. The molecule has 1 saturated heterocycles. The van der Waals surface area contributed by atoms with Crippen LogP contribution in [0, 0.1) is 20.8 Å². The monoisotopic (exact) mass is 232 g/mol. The molecule has 1 fully saturated rings. The largest absolute Gasteiger partial charge is 0.344 e. The topological polar surface area (TPSA) is 16.6 Å². The average Bonchev–Trinajstić information content (AvgIpc) is 2.54. The second-order valence-electron chi connectivity index (χ2n) is 5.70. The summed E-state index contributed by atoms with van der Waals surface area (Å²) in [5.74, 6) is 0. The smallest absolute Gasteiger partial charge is 0.0900 e. The summed E-state index contributed by atoms with van der Waals surface area (Å²) in [6, 6.07) is 5.57. The Labute approximate surface area is 106 Å². The zero-order valence-electron chi connectivity index (χ0n) is 11.6. The van der Waals surface area contributed by atoms with Crippen molar-refractivity contribution in [3.05, 3.63) is 34.4 Å². The van der Waals surface area contributed by atoms with E-state index in [0.29, 0.717) is 0 Å². The maximum atomic E-state index is 2.57. The van der Waals surface area contributed by atoms with E-state index >= 15 is 0 Å². The Balaban J connectivity index is 2.09. The Hall–Kier alpha value is -0.820. The van der Waals surface area contributed by atoms with Crippen LogP contribution in [0.25, 0.3) is 0 Å². The highest BCUT2D eigenvalue weighted by atomic mass is 14.9. The molecule has 0 saturated carbocycles. The van der Waals surface area contributed by atoms with Crippen molar-refractivity contribution >= 4 is 0 Å². The van der Waals surface area contributed by atoms with E-state index in [-0.39, 0.29) is 0 Å². The highest BCUT2D eigenvalue weighted by molar-refractivity contribution is 5.36. The summed E-state index contributed by atoms with van der Waals surface area (Å²) in [5, 5.41) is 2.57. The minimum absolute atomic E-state index is 0.818. The molecule has 0 aliphatic carbocycles. The van der Waals surface area contributed by atoms with Crippen molar-refractivity contribution in [3.8, 4) is 0 Å². The lowest BCUT2D eigenvalue weighted by Gasteiger charge is -2.15. The summed E-state index contributed by atoms with van der Waals surface area (Å²) in [6.07, 6.45) is 6.91. The van der Waals surface area contributed by atoms with Crippen molar-refractivity contribution in [2.75, 3.05) is 6.54 Å². The minimum atomic E-state index is 0.818. The predicted molar refractivity (Wildman–Crippen MR) is 73.4 cm³/mol. The lowest BCUT2D eigenvalue weighted by Crippen LogP contribution is -2.90. The fourth-order valence-corrected chi connectivity index (χ4v) is 2.91. The first kappa shape index (κ1) is 12.6. The standard InChI is InChI=1S/C16H25N/c1-12-9-14(3)15(10-13(12)2)11-16-7-5-4-6-8-17-16/h9-10,16-17H,4-8,11H2,1-3H3/p+1/t16-/m0/s1. The SMILES string of the molecule is Cc1cc(C)c(C[C@@H]2CCCCC[NH2+]2)cc1C. The van der Waals surface area contributed by atoms with Crippen molar-refractivity contribution in [2.24, 2.45) is 0 Å². The van der Waals surface area contributed by atoms with Gasteiger partial charge in [0.1, 0.15) is 0 Å². The molecule has 94 valence electrons. The van der Waals surface area contributed by atoms with Gasteiger partial charge in [0.25, 0.3) is 0 Å². The molecular formula is C16H26N+. The van der Waals surface area contributed by atoms with Crippen LogP contribution in [0.3, 0.4) is 0 Å². The van der Waals surface area contributed by atoms with Gasteiger partial charge in [0.15, 0.2) is 0 Å². The number of benzene rings is 1. The highest BCUT2D eigenvalue weighted by Crippen LogP contribution is 2.18. The highest BCUT2D eigenvalue weighted by Gasteiger charge is 2.16. The molecule has 1 atom stereocenters. The third-order valence-electron chi connectivity index (χ3n) is 4.21. The maximum Gasteiger partial charge on any atom is 0.0900 e. The summed E-state index contributed by atoms with van der Waals surface area (Å²) < 4.78 is 0. The molecule has 1 aliphatic rings. The Kier molecular flexibility index (Phi) is 4.22. The van der Waals surface area contributed by atoms with Gasteiger partial charge in [-0.05, 0) is 68.7 Å². The van der Waals surface area contributed by atoms with Crippen LogP contribution in [-0.2, 0) is 6.42 Å². The van der Waals surface area contributed by atoms with Gasteiger partial charge < -0.3 is 5.32 Å². The summed E-state index contributed by atoms with van der Waals surface area (Å²) in [7, 11) is 0. The van der Waals surface area contributed by atoms with E-state index in [1.165, 1.54) is 55.3 Å². The fourth-order valence-electron chi connectivity index (χ4n) is 2.91. The number of hydrogen-bond donors (Lipinski definition) is 1. The lowest BCUT2D eigenvalue weighted by molar-refractivity contribution is -0.687. The summed E-state index contributed by atoms with van der Waals surface area (Å²) in [5.41, 5.74) is 5.91. The molecule has 1 nitrogen and oxygen atoms in total. The van der Waals surface area contributed by atoms with Crippen molar-refractivity contribution < 1.29 is 5.32 Å². The molecule has 1 heteroatoms. The molecule has 1 aromatic carbocycles. The first-order valence-electron chi connectivity index (χ1n) is 7.07.